The Hall–Kier alpha value is 0.246. The largest absolute Gasteiger partial charge is 1.00 e. The van der Waals surface area contributed by atoms with Gasteiger partial charge in [0.15, 0.2) is 0 Å². The third-order valence-corrected chi connectivity index (χ3v) is 4.11. The van der Waals surface area contributed by atoms with Gasteiger partial charge >= 0.3 is 51.4 Å². The molecule has 0 aromatic heterocycles. The molecule has 0 bridgehead atoms. The molecular formula is C15H17KO3S. The Kier molecular flexibility index (Phi) is 7.35. The zero-order valence-corrected chi connectivity index (χ0v) is 15.9. The van der Waals surface area contributed by atoms with Gasteiger partial charge in [-0.2, -0.15) is 0 Å². The van der Waals surface area contributed by atoms with Gasteiger partial charge in [0.25, 0.3) is 0 Å². The molecule has 0 unspecified atom stereocenters. The van der Waals surface area contributed by atoms with Crippen LogP contribution in [0.5, 0.6) is 0 Å². The van der Waals surface area contributed by atoms with Gasteiger partial charge in [-0.05, 0) is 41.3 Å². The number of unbranched alkanes of at least 4 members (excludes halogenated alkanes) is 2. The summed E-state index contributed by atoms with van der Waals surface area (Å²) >= 11 is 0. The Bertz CT molecular complexity index is 681. The van der Waals surface area contributed by atoms with Crippen molar-refractivity contribution in [3.8, 4) is 0 Å². The summed E-state index contributed by atoms with van der Waals surface area (Å²) in [7, 11) is -4.38. The van der Waals surface area contributed by atoms with Gasteiger partial charge in [-0.1, -0.05) is 44.0 Å². The molecule has 0 N–H and O–H groups in total. The fourth-order valence-electron chi connectivity index (χ4n) is 2.27. The van der Waals surface area contributed by atoms with Crippen molar-refractivity contribution in [2.45, 2.75) is 37.5 Å². The van der Waals surface area contributed by atoms with E-state index in [4.69, 9.17) is 0 Å². The Morgan fingerprint density at radius 2 is 1.85 bits per heavy atom. The van der Waals surface area contributed by atoms with E-state index in [1.807, 2.05) is 12.1 Å². The molecule has 2 rings (SSSR count). The molecule has 0 amide bonds. The minimum absolute atomic E-state index is 0. The molecule has 2 aromatic carbocycles. The molecule has 0 aliphatic heterocycles. The van der Waals surface area contributed by atoms with Gasteiger partial charge in [-0.15, -0.1) is 0 Å². The fourth-order valence-corrected chi connectivity index (χ4v) is 2.77. The third kappa shape index (κ3) is 4.63. The Morgan fingerprint density at radius 1 is 1.10 bits per heavy atom. The van der Waals surface area contributed by atoms with E-state index in [1.165, 1.54) is 30.5 Å². The van der Waals surface area contributed by atoms with Gasteiger partial charge in [0.2, 0.25) is 0 Å². The normalized spacial score (nSPS) is 11.3. The van der Waals surface area contributed by atoms with Crippen LogP contribution in [-0.2, 0) is 16.5 Å². The molecular weight excluding hydrogens is 299 g/mol. The second-order valence-electron chi connectivity index (χ2n) is 4.71. The first-order chi connectivity index (χ1) is 9.02. The zero-order chi connectivity index (χ0) is 13.9. The maximum absolute atomic E-state index is 11.0. The van der Waals surface area contributed by atoms with E-state index >= 15 is 0 Å². The first-order valence-corrected chi connectivity index (χ1v) is 7.91. The molecule has 20 heavy (non-hydrogen) atoms. The molecule has 0 fully saturated rings. The molecule has 5 heteroatoms. The summed E-state index contributed by atoms with van der Waals surface area (Å²) in [6.45, 7) is 2.16. The molecule has 0 heterocycles. The van der Waals surface area contributed by atoms with E-state index in [9.17, 15) is 13.0 Å². The second-order valence-corrected chi connectivity index (χ2v) is 6.09. The summed E-state index contributed by atoms with van der Waals surface area (Å²) in [5, 5.41) is 1.84. The van der Waals surface area contributed by atoms with Crippen molar-refractivity contribution in [2.75, 3.05) is 0 Å². The Labute approximate surface area is 162 Å². The average Bonchev–Trinajstić information content (AvgIpc) is 2.37. The van der Waals surface area contributed by atoms with Gasteiger partial charge in [-0.25, -0.2) is 8.42 Å². The van der Waals surface area contributed by atoms with Gasteiger partial charge in [0.1, 0.15) is 10.1 Å². The van der Waals surface area contributed by atoms with Crippen molar-refractivity contribution in [1.29, 1.82) is 0 Å². The van der Waals surface area contributed by atoms with Crippen molar-refractivity contribution in [1.82, 2.24) is 0 Å². The number of fused-ring (bicyclic) bond motifs is 1. The van der Waals surface area contributed by atoms with E-state index in [0.717, 1.165) is 23.6 Å². The SMILES string of the molecule is CCCCCc1cccc2cc(S(=O)(=O)[O-])ccc12.[K+]. The fraction of sp³-hybridized carbons (Fsp3) is 0.333. The Morgan fingerprint density at radius 3 is 2.50 bits per heavy atom. The van der Waals surface area contributed by atoms with Crippen molar-refractivity contribution in [2.24, 2.45) is 0 Å². The maximum Gasteiger partial charge on any atom is 1.00 e. The summed E-state index contributed by atoms with van der Waals surface area (Å²) in [4.78, 5) is -0.161. The summed E-state index contributed by atoms with van der Waals surface area (Å²) in [6, 6.07) is 10.4. The summed E-state index contributed by atoms with van der Waals surface area (Å²) < 4.78 is 33.1. The predicted molar refractivity (Wildman–Crippen MR) is 75.1 cm³/mol. The van der Waals surface area contributed by atoms with Crippen LogP contribution < -0.4 is 51.4 Å². The number of benzene rings is 2. The number of rotatable bonds is 5. The summed E-state index contributed by atoms with van der Waals surface area (Å²) in [5.74, 6) is 0. The number of aryl methyl sites for hydroxylation is 1. The molecule has 0 spiro atoms. The van der Waals surface area contributed by atoms with Crippen molar-refractivity contribution in [3.05, 3.63) is 42.0 Å². The van der Waals surface area contributed by atoms with Crippen LogP contribution in [0.25, 0.3) is 10.8 Å². The second kappa shape index (κ2) is 8.03. The quantitative estimate of drug-likeness (QED) is 0.458. The smallest absolute Gasteiger partial charge is 0.744 e. The van der Waals surface area contributed by atoms with Crippen LogP contribution in [0.4, 0.5) is 0 Å². The minimum Gasteiger partial charge on any atom is -0.744 e. The van der Waals surface area contributed by atoms with Gasteiger partial charge < -0.3 is 4.55 Å². The van der Waals surface area contributed by atoms with Gasteiger partial charge in [0.05, 0.1) is 4.90 Å². The van der Waals surface area contributed by atoms with Crippen LogP contribution in [0.2, 0.25) is 0 Å². The molecule has 102 valence electrons. The first-order valence-electron chi connectivity index (χ1n) is 6.50. The van der Waals surface area contributed by atoms with Crippen LogP contribution >= 0.6 is 0 Å². The maximum atomic E-state index is 11.0. The van der Waals surface area contributed by atoms with Crippen molar-refractivity contribution in [3.63, 3.8) is 0 Å². The topological polar surface area (TPSA) is 57.2 Å². The molecule has 0 aliphatic carbocycles. The van der Waals surface area contributed by atoms with Crippen LogP contribution in [0.15, 0.2) is 41.3 Å². The van der Waals surface area contributed by atoms with Crippen LogP contribution in [0.3, 0.4) is 0 Å². The van der Waals surface area contributed by atoms with E-state index in [0.29, 0.717) is 0 Å². The van der Waals surface area contributed by atoms with Gasteiger partial charge in [-0.3, -0.25) is 0 Å². The van der Waals surface area contributed by atoms with Crippen LogP contribution in [-0.4, -0.2) is 13.0 Å². The van der Waals surface area contributed by atoms with Gasteiger partial charge in [0, 0.05) is 0 Å². The van der Waals surface area contributed by atoms with E-state index in [2.05, 4.69) is 13.0 Å². The van der Waals surface area contributed by atoms with Crippen molar-refractivity contribution >= 4 is 20.9 Å². The number of hydrogen-bond donors (Lipinski definition) is 0. The zero-order valence-electron chi connectivity index (χ0n) is 11.9. The average molecular weight is 316 g/mol. The number of hydrogen-bond acceptors (Lipinski definition) is 3. The summed E-state index contributed by atoms with van der Waals surface area (Å²) in [5.41, 5.74) is 1.21. The molecule has 0 saturated carbocycles. The van der Waals surface area contributed by atoms with Crippen molar-refractivity contribution < 1.29 is 64.4 Å². The minimum atomic E-state index is -4.38. The van der Waals surface area contributed by atoms with Crippen LogP contribution in [0, 0.1) is 0 Å². The molecule has 0 radical (unpaired) electrons. The van der Waals surface area contributed by atoms with E-state index < -0.39 is 10.1 Å². The monoisotopic (exact) mass is 316 g/mol. The van der Waals surface area contributed by atoms with E-state index in [1.54, 1.807) is 6.07 Å². The molecule has 0 saturated heterocycles. The van der Waals surface area contributed by atoms with E-state index in [-0.39, 0.29) is 56.3 Å². The van der Waals surface area contributed by atoms with Crippen LogP contribution in [0.1, 0.15) is 31.7 Å². The predicted octanol–water partition coefficient (Wildman–Crippen LogP) is 0.481. The third-order valence-electron chi connectivity index (χ3n) is 3.28. The molecule has 3 nitrogen and oxygen atoms in total. The Balaban J connectivity index is 0.00000200. The molecule has 0 aliphatic rings. The first kappa shape index (κ1) is 18.3. The molecule has 0 atom stereocenters. The summed E-state index contributed by atoms with van der Waals surface area (Å²) in [6.07, 6.45) is 4.46. The standard InChI is InChI=1S/C15H18O3S.K/c1-2-3-4-6-12-7-5-8-13-11-14(19(16,17)18)9-10-15(12)13;/h5,7-11H,2-4,6H2,1H3,(H,16,17,18);/q;+1/p-1. The molecule has 2 aromatic rings.